The van der Waals surface area contributed by atoms with Gasteiger partial charge >= 0.3 is 5.97 Å². The summed E-state index contributed by atoms with van der Waals surface area (Å²) < 4.78 is 4.55. The molecule has 0 N–H and O–H groups in total. The van der Waals surface area contributed by atoms with Gasteiger partial charge in [0.25, 0.3) is 0 Å². The number of hydrogen-bond donors (Lipinski definition) is 0. The molecule has 1 aliphatic carbocycles. The van der Waals surface area contributed by atoms with E-state index in [1.807, 2.05) is 61.5 Å². The lowest BCUT2D eigenvalue weighted by molar-refractivity contribution is -0.142. The Labute approximate surface area is 194 Å². The minimum Gasteiger partial charge on any atom is -0.466 e. The van der Waals surface area contributed by atoms with Gasteiger partial charge in [-0.3, -0.25) is 9.59 Å². The van der Waals surface area contributed by atoms with Gasteiger partial charge in [-0.1, -0.05) is 105 Å². The number of ether oxygens (including phenoxy) is 1. The molecule has 0 unspecified atom stereocenters. The topological polar surface area (TPSA) is 43.4 Å². The maximum absolute atomic E-state index is 12.0. The lowest BCUT2D eigenvalue weighted by Crippen LogP contribution is -2.15. The minimum atomic E-state index is -0.123. The van der Waals surface area contributed by atoms with E-state index in [9.17, 15) is 9.59 Å². The molecule has 0 heterocycles. The van der Waals surface area contributed by atoms with Crippen LogP contribution >= 0.6 is 0 Å². The number of benzene rings is 2. The molecule has 0 amide bonds. The lowest BCUT2D eigenvalue weighted by Gasteiger charge is -2.29. The third kappa shape index (κ3) is 10.4. The fraction of sp³-hybridized carbons (Fsp3) is 0.379. The van der Waals surface area contributed by atoms with Gasteiger partial charge in [0.05, 0.1) is 6.61 Å². The highest BCUT2D eigenvalue weighted by atomic mass is 16.5. The van der Waals surface area contributed by atoms with Gasteiger partial charge in [0.15, 0.2) is 5.78 Å². The Kier molecular flexibility index (Phi) is 11.4. The Hall–Kier alpha value is -2.94. The van der Waals surface area contributed by atoms with Crippen molar-refractivity contribution in [2.24, 2.45) is 5.41 Å². The van der Waals surface area contributed by atoms with Crippen LogP contribution in [-0.4, -0.2) is 18.4 Å². The maximum Gasteiger partial charge on any atom is 0.305 e. The average molecular weight is 435 g/mol. The van der Waals surface area contributed by atoms with Gasteiger partial charge in [-0.25, -0.2) is 0 Å². The third-order valence-electron chi connectivity index (χ3n) is 4.86. The number of hydrogen-bond acceptors (Lipinski definition) is 3. The van der Waals surface area contributed by atoms with Gasteiger partial charge in [0, 0.05) is 17.5 Å². The van der Waals surface area contributed by atoms with Crippen LogP contribution in [0.15, 0.2) is 78.4 Å². The number of rotatable bonds is 4. The lowest BCUT2D eigenvalue weighted by atomic mass is 9.76. The van der Waals surface area contributed by atoms with E-state index in [0.29, 0.717) is 18.4 Å². The number of aryl methyl sites for hydroxylation is 1. The second-order valence-electron chi connectivity index (χ2n) is 8.89. The monoisotopic (exact) mass is 434 g/mol. The van der Waals surface area contributed by atoms with E-state index in [0.717, 1.165) is 17.5 Å². The Morgan fingerprint density at radius 3 is 1.91 bits per heavy atom. The molecular weight excluding hydrogens is 396 g/mol. The van der Waals surface area contributed by atoms with Gasteiger partial charge in [-0.05, 0) is 39.0 Å². The van der Waals surface area contributed by atoms with Gasteiger partial charge in [-0.2, -0.15) is 0 Å². The summed E-state index contributed by atoms with van der Waals surface area (Å²) in [6, 6.07) is 17.0. The first-order valence-corrected chi connectivity index (χ1v) is 11.2. The van der Waals surface area contributed by atoms with Crippen molar-refractivity contribution in [3.63, 3.8) is 0 Å². The number of carbonyl (C=O) groups is 2. The van der Waals surface area contributed by atoms with Crippen LogP contribution in [0, 0.1) is 12.3 Å². The van der Waals surface area contributed by atoms with Crippen molar-refractivity contribution in [2.75, 3.05) is 6.61 Å². The highest BCUT2D eigenvalue weighted by Crippen LogP contribution is 2.36. The molecule has 0 spiro atoms. The van der Waals surface area contributed by atoms with Crippen LogP contribution in [0.2, 0.25) is 0 Å². The zero-order valence-electron chi connectivity index (χ0n) is 20.5. The molecule has 3 nitrogen and oxygen atoms in total. The predicted molar refractivity (Wildman–Crippen MR) is 134 cm³/mol. The van der Waals surface area contributed by atoms with E-state index >= 15 is 0 Å². The zero-order valence-corrected chi connectivity index (χ0v) is 20.5. The molecule has 0 bridgehead atoms. The van der Waals surface area contributed by atoms with E-state index in [1.165, 1.54) is 23.1 Å². The summed E-state index contributed by atoms with van der Waals surface area (Å²) in [5.74, 6) is -0.0434. The third-order valence-corrected chi connectivity index (χ3v) is 4.86. The van der Waals surface area contributed by atoms with Gasteiger partial charge < -0.3 is 4.74 Å². The van der Waals surface area contributed by atoms with Crippen molar-refractivity contribution in [2.45, 2.75) is 60.8 Å². The van der Waals surface area contributed by atoms with Gasteiger partial charge in [0.2, 0.25) is 0 Å². The molecule has 172 valence electrons. The van der Waals surface area contributed by atoms with Crippen molar-refractivity contribution in [3.05, 3.63) is 95.1 Å². The Balaban J connectivity index is 0.000000262. The Morgan fingerprint density at radius 1 is 0.906 bits per heavy atom. The van der Waals surface area contributed by atoms with Crippen LogP contribution in [0.4, 0.5) is 0 Å². The van der Waals surface area contributed by atoms with Crippen LogP contribution in [0.5, 0.6) is 0 Å². The molecule has 32 heavy (non-hydrogen) atoms. The van der Waals surface area contributed by atoms with Gasteiger partial charge in [0.1, 0.15) is 0 Å². The van der Waals surface area contributed by atoms with E-state index in [-0.39, 0.29) is 11.8 Å². The number of ketones is 1. The van der Waals surface area contributed by atoms with Crippen LogP contribution in [0.25, 0.3) is 0 Å². The summed E-state index contributed by atoms with van der Waals surface area (Å²) in [6.07, 6.45) is 5.08. The first-order valence-electron chi connectivity index (χ1n) is 11.2. The van der Waals surface area contributed by atoms with Crippen LogP contribution in [-0.2, 0) is 9.53 Å². The fourth-order valence-corrected chi connectivity index (χ4v) is 3.61. The van der Waals surface area contributed by atoms with E-state index in [1.54, 1.807) is 13.8 Å². The molecule has 0 radical (unpaired) electrons. The smallest absolute Gasteiger partial charge is 0.305 e. The molecule has 0 atom stereocenters. The molecular formula is C29H38O3. The van der Waals surface area contributed by atoms with Crippen molar-refractivity contribution >= 4 is 11.8 Å². The van der Waals surface area contributed by atoms with Crippen molar-refractivity contribution < 1.29 is 14.3 Å². The second kappa shape index (κ2) is 13.5. The highest BCUT2D eigenvalue weighted by Gasteiger charge is 2.22. The summed E-state index contributed by atoms with van der Waals surface area (Å²) in [5.41, 5.74) is 5.86. The molecule has 3 heteroatoms. The van der Waals surface area contributed by atoms with Crippen molar-refractivity contribution in [1.29, 1.82) is 0 Å². The Bertz CT molecular complexity index is 903. The number of carbonyl (C=O) groups excluding carboxylic acids is 2. The minimum absolute atomic E-state index is 0.0793. The van der Waals surface area contributed by atoms with Crippen molar-refractivity contribution in [1.82, 2.24) is 0 Å². The summed E-state index contributed by atoms with van der Waals surface area (Å²) in [5, 5.41) is 0. The molecule has 0 aromatic heterocycles. The normalized spacial score (nSPS) is 14.1. The maximum atomic E-state index is 12.0. The molecule has 0 fully saturated rings. The summed E-state index contributed by atoms with van der Waals surface area (Å²) in [7, 11) is 0. The zero-order chi connectivity index (χ0) is 24.1. The SMILES string of the molecule is C=C1C=C(C)CC(C)(C)C1.CCOC(=O)CC.Cc1ccc(C(=O)c2ccccc2)cc1. The van der Waals surface area contributed by atoms with Crippen LogP contribution < -0.4 is 0 Å². The average Bonchev–Trinajstić information content (AvgIpc) is 2.74. The van der Waals surface area contributed by atoms with Gasteiger partial charge in [-0.15, -0.1) is 0 Å². The van der Waals surface area contributed by atoms with Crippen LogP contribution in [0.3, 0.4) is 0 Å². The quantitative estimate of drug-likeness (QED) is 0.370. The molecule has 0 aliphatic heterocycles. The summed E-state index contributed by atoms with van der Waals surface area (Å²) in [6.45, 7) is 16.8. The predicted octanol–water partition coefficient (Wildman–Crippen LogP) is 7.49. The van der Waals surface area contributed by atoms with Crippen LogP contribution in [0.1, 0.15) is 75.4 Å². The molecule has 1 aliphatic rings. The Morgan fingerprint density at radius 2 is 1.47 bits per heavy atom. The first-order chi connectivity index (χ1) is 15.1. The molecule has 2 aromatic carbocycles. The van der Waals surface area contributed by atoms with E-state index < -0.39 is 0 Å². The molecule has 0 saturated carbocycles. The van der Waals surface area contributed by atoms with E-state index in [4.69, 9.17) is 0 Å². The summed E-state index contributed by atoms with van der Waals surface area (Å²) in [4.78, 5) is 22.1. The highest BCUT2D eigenvalue weighted by molar-refractivity contribution is 6.08. The number of esters is 1. The summed E-state index contributed by atoms with van der Waals surface area (Å²) >= 11 is 0. The van der Waals surface area contributed by atoms with E-state index in [2.05, 4.69) is 38.2 Å². The largest absolute Gasteiger partial charge is 0.466 e. The number of allylic oxidation sites excluding steroid dienone is 3. The standard InChI is InChI=1S/C14H12O.C10H16.C5H10O2/c1-11-7-9-13(10-8-11)14(15)12-5-3-2-4-6-12;1-8-5-9(2)7-10(3,4)6-8;1-3-5(6)7-4-2/h2-10H,1H3;5H,1,6-7H2,2-4H3;3-4H2,1-2H3. The molecule has 2 aromatic rings. The van der Waals surface area contributed by atoms with Crippen molar-refractivity contribution in [3.8, 4) is 0 Å². The molecule has 3 rings (SSSR count). The molecule has 0 saturated heterocycles. The first kappa shape index (κ1) is 27.1. The second-order valence-corrected chi connectivity index (χ2v) is 8.89. The fourth-order valence-electron chi connectivity index (χ4n) is 3.61.